The molecule has 0 amide bonds. The molecule has 0 radical (unpaired) electrons. The van der Waals surface area contributed by atoms with Crippen molar-refractivity contribution in [3.05, 3.63) is 59.2 Å². The van der Waals surface area contributed by atoms with Gasteiger partial charge in [-0.25, -0.2) is 9.59 Å². The first-order valence-electron chi connectivity index (χ1n) is 8.05. The van der Waals surface area contributed by atoms with Crippen molar-refractivity contribution in [3.8, 4) is 0 Å². The molecule has 1 aromatic carbocycles. The van der Waals surface area contributed by atoms with Crippen molar-refractivity contribution in [1.82, 2.24) is 0 Å². The minimum absolute atomic E-state index is 0.000513. The molecule has 7 nitrogen and oxygen atoms in total. The summed E-state index contributed by atoms with van der Waals surface area (Å²) in [6.07, 6.45) is 1.33. The van der Waals surface area contributed by atoms with Crippen LogP contribution in [0.4, 0.5) is 0 Å². The van der Waals surface area contributed by atoms with E-state index in [2.05, 4.69) is 4.74 Å². The van der Waals surface area contributed by atoms with Crippen LogP contribution in [0.15, 0.2) is 45.4 Å². The molecule has 0 unspecified atom stereocenters. The Balaban J connectivity index is 1.82. The first-order chi connectivity index (χ1) is 12.7. The number of carbonyl (C=O) groups is 2. The lowest BCUT2D eigenvalue weighted by Crippen LogP contribution is -2.09. The molecule has 0 N–H and O–H groups in total. The number of carbonyl (C=O) groups excluding carboxylic acids is 2. The van der Waals surface area contributed by atoms with Crippen molar-refractivity contribution >= 4 is 22.9 Å². The summed E-state index contributed by atoms with van der Waals surface area (Å²) in [5.74, 6) is -1.20. The molecule has 0 saturated carbocycles. The maximum atomic E-state index is 12.5. The zero-order chi connectivity index (χ0) is 18.5. The van der Waals surface area contributed by atoms with E-state index < -0.39 is 11.9 Å². The lowest BCUT2D eigenvalue weighted by Gasteiger charge is -2.05. The van der Waals surface area contributed by atoms with Gasteiger partial charge in [-0.3, -0.25) is 0 Å². The number of hydrogen-bond donors (Lipinski definition) is 0. The summed E-state index contributed by atoms with van der Waals surface area (Å²) in [5.41, 5.74) is 1.62. The van der Waals surface area contributed by atoms with Gasteiger partial charge in [0.1, 0.15) is 12.2 Å². The fraction of sp³-hybridized carbons (Fsp3) is 0.263. The van der Waals surface area contributed by atoms with Gasteiger partial charge in [0.05, 0.1) is 20.0 Å². The van der Waals surface area contributed by atoms with E-state index >= 15 is 0 Å². The maximum Gasteiger partial charge on any atom is 0.374 e. The van der Waals surface area contributed by atoms with Gasteiger partial charge >= 0.3 is 11.9 Å². The summed E-state index contributed by atoms with van der Waals surface area (Å²) in [7, 11) is 1.25. The van der Waals surface area contributed by atoms with E-state index in [-0.39, 0.29) is 24.7 Å². The summed E-state index contributed by atoms with van der Waals surface area (Å²) < 4.78 is 26.1. The first kappa shape index (κ1) is 17.8. The van der Waals surface area contributed by atoms with E-state index in [9.17, 15) is 9.59 Å². The largest absolute Gasteiger partial charge is 0.463 e. The van der Waals surface area contributed by atoms with Crippen molar-refractivity contribution < 1.29 is 32.6 Å². The van der Waals surface area contributed by atoms with Crippen LogP contribution in [0, 0.1) is 0 Å². The molecule has 2 heterocycles. The smallest absolute Gasteiger partial charge is 0.374 e. The Bertz CT molecular complexity index is 919. The van der Waals surface area contributed by atoms with Gasteiger partial charge in [-0.15, -0.1) is 0 Å². The topological polar surface area (TPSA) is 88.1 Å². The van der Waals surface area contributed by atoms with E-state index in [0.29, 0.717) is 23.3 Å². The molecule has 0 aliphatic carbocycles. The highest BCUT2D eigenvalue weighted by atomic mass is 16.6. The fourth-order valence-corrected chi connectivity index (χ4v) is 2.54. The minimum Gasteiger partial charge on any atom is -0.463 e. The number of hydrogen-bond acceptors (Lipinski definition) is 7. The minimum atomic E-state index is -0.645. The Morgan fingerprint density at radius 1 is 1.04 bits per heavy atom. The van der Waals surface area contributed by atoms with Crippen LogP contribution in [-0.2, 0) is 27.4 Å². The second-order valence-electron chi connectivity index (χ2n) is 5.39. The number of fused-ring (bicyclic) bond motifs is 1. The Labute approximate surface area is 149 Å². The van der Waals surface area contributed by atoms with Gasteiger partial charge in [0.2, 0.25) is 11.5 Å². The molecule has 0 atom stereocenters. The lowest BCUT2D eigenvalue weighted by molar-refractivity contribution is 0.0416. The van der Waals surface area contributed by atoms with Crippen LogP contribution in [0.3, 0.4) is 0 Å². The number of benzene rings is 1. The molecular weight excluding hydrogens is 340 g/mol. The third-order valence-corrected chi connectivity index (χ3v) is 3.81. The van der Waals surface area contributed by atoms with Gasteiger partial charge in [0.25, 0.3) is 0 Å². The van der Waals surface area contributed by atoms with E-state index in [1.807, 2.05) is 25.1 Å². The highest BCUT2D eigenvalue weighted by molar-refractivity contribution is 5.96. The van der Waals surface area contributed by atoms with Gasteiger partial charge in [-0.2, -0.15) is 0 Å². The van der Waals surface area contributed by atoms with E-state index in [1.165, 1.54) is 13.4 Å². The summed E-state index contributed by atoms with van der Waals surface area (Å²) >= 11 is 0. The number of ether oxygens (including phenoxy) is 3. The molecule has 0 aliphatic heterocycles. The molecule has 0 spiro atoms. The van der Waals surface area contributed by atoms with Crippen molar-refractivity contribution in [2.45, 2.75) is 20.1 Å². The average Bonchev–Trinajstić information content (AvgIpc) is 3.28. The van der Waals surface area contributed by atoms with Crippen molar-refractivity contribution in [3.63, 3.8) is 0 Å². The molecule has 0 bridgehead atoms. The third-order valence-electron chi connectivity index (χ3n) is 3.81. The summed E-state index contributed by atoms with van der Waals surface area (Å²) in [4.78, 5) is 24.1. The Hall–Kier alpha value is -3.06. The van der Waals surface area contributed by atoms with Gasteiger partial charge in [0.15, 0.2) is 0 Å². The summed E-state index contributed by atoms with van der Waals surface area (Å²) in [6, 6.07) is 8.84. The molecule has 3 rings (SSSR count). The first-order valence-corrected chi connectivity index (χ1v) is 8.05. The van der Waals surface area contributed by atoms with Crippen molar-refractivity contribution in [2.75, 3.05) is 13.7 Å². The Kier molecular flexibility index (Phi) is 5.38. The predicted octanol–water partition coefficient (Wildman–Crippen LogP) is 3.71. The number of esters is 2. The number of methoxy groups -OCH3 is 1. The van der Waals surface area contributed by atoms with Gasteiger partial charge in [-0.1, -0.05) is 18.2 Å². The van der Waals surface area contributed by atoms with Crippen LogP contribution in [0.25, 0.3) is 11.0 Å². The predicted molar refractivity (Wildman–Crippen MR) is 90.7 cm³/mol. The number of furan rings is 2. The monoisotopic (exact) mass is 358 g/mol. The van der Waals surface area contributed by atoms with Gasteiger partial charge < -0.3 is 23.0 Å². The zero-order valence-corrected chi connectivity index (χ0v) is 14.4. The highest BCUT2D eigenvalue weighted by Crippen LogP contribution is 2.27. The molecular formula is C19H18O7. The van der Waals surface area contributed by atoms with E-state index in [1.54, 1.807) is 12.1 Å². The summed E-state index contributed by atoms with van der Waals surface area (Å²) in [6.45, 7) is 2.46. The molecule has 0 aliphatic rings. The molecule has 136 valence electrons. The molecule has 0 saturated heterocycles. The quantitative estimate of drug-likeness (QED) is 0.595. The summed E-state index contributed by atoms with van der Waals surface area (Å²) in [5, 5.41) is 0.798. The molecule has 26 heavy (non-hydrogen) atoms. The average molecular weight is 358 g/mol. The second kappa shape index (κ2) is 7.88. The zero-order valence-electron chi connectivity index (χ0n) is 14.4. The van der Waals surface area contributed by atoms with Gasteiger partial charge in [-0.05, 0) is 19.1 Å². The standard InChI is InChI=1S/C19H18O7/c1-3-23-11-14-13-6-4-5-7-15(13)26-17(14)19(21)25-10-12-8-9-24-16(12)18(20)22-2/h4-9H,3,10-11H2,1-2H3. The maximum absolute atomic E-state index is 12.5. The number of rotatable bonds is 7. The Morgan fingerprint density at radius 3 is 2.62 bits per heavy atom. The van der Waals surface area contributed by atoms with Crippen LogP contribution in [0.2, 0.25) is 0 Å². The highest BCUT2D eigenvalue weighted by Gasteiger charge is 2.23. The Morgan fingerprint density at radius 2 is 1.85 bits per heavy atom. The number of para-hydroxylation sites is 1. The van der Waals surface area contributed by atoms with Crippen LogP contribution in [0.5, 0.6) is 0 Å². The molecule has 2 aromatic heterocycles. The molecule has 7 heteroatoms. The van der Waals surface area contributed by atoms with Crippen LogP contribution >= 0.6 is 0 Å². The SMILES string of the molecule is CCOCc1c(C(=O)OCc2ccoc2C(=O)OC)oc2ccccc12. The van der Waals surface area contributed by atoms with E-state index in [0.717, 1.165) is 5.39 Å². The van der Waals surface area contributed by atoms with E-state index in [4.69, 9.17) is 18.3 Å². The van der Waals surface area contributed by atoms with Gasteiger partial charge in [0, 0.05) is 23.1 Å². The normalized spacial score (nSPS) is 10.8. The molecule has 0 fully saturated rings. The fourth-order valence-electron chi connectivity index (χ4n) is 2.54. The third kappa shape index (κ3) is 3.48. The van der Waals surface area contributed by atoms with Crippen LogP contribution in [-0.4, -0.2) is 25.7 Å². The van der Waals surface area contributed by atoms with Crippen LogP contribution in [0.1, 0.15) is 39.2 Å². The van der Waals surface area contributed by atoms with Crippen molar-refractivity contribution in [1.29, 1.82) is 0 Å². The second-order valence-corrected chi connectivity index (χ2v) is 5.39. The lowest BCUT2D eigenvalue weighted by atomic mass is 10.1. The van der Waals surface area contributed by atoms with Crippen molar-refractivity contribution in [2.24, 2.45) is 0 Å². The van der Waals surface area contributed by atoms with Crippen LogP contribution < -0.4 is 0 Å². The molecule has 3 aromatic rings.